The zero-order valence-corrected chi connectivity index (χ0v) is 13.6. The molecule has 2 atom stereocenters. The van der Waals surface area contributed by atoms with Crippen molar-refractivity contribution in [2.45, 2.75) is 50.4 Å². The molecule has 1 N–H and O–H groups in total. The Morgan fingerprint density at radius 2 is 2.04 bits per heavy atom. The lowest BCUT2D eigenvalue weighted by atomic mass is 10.1. The van der Waals surface area contributed by atoms with E-state index in [0.29, 0.717) is 19.3 Å². The highest BCUT2D eigenvalue weighted by Gasteiger charge is 2.48. The molecule has 1 aromatic rings. The van der Waals surface area contributed by atoms with Gasteiger partial charge < -0.3 is 14.7 Å². The average molecular weight is 345 g/mol. The SMILES string of the molecule is COc1ccc(CCCC(=O)N2CCCC2C(O)C(F)(F)F)cc1. The fourth-order valence-electron chi connectivity index (χ4n) is 3.03. The van der Waals surface area contributed by atoms with Crippen molar-refractivity contribution in [1.29, 1.82) is 0 Å². The van der Waals surface area contributed by atoms with Crippen LogP contribution in [0.25, 0.3) is 0 Å². The molecule has 0 aromatic heterocycles. The molecular formula is C17H22F3NO3. The number of methoxy groups -OCH3 is 1. The number of ether oxygens (including phenoxy) is 1. The minimum Gasteiger partial charge on any atom is -0.497 e. The normalized spacial score (nSPS) is 19.4. The standard InChI is InChI=1S/C17H22F3NO3/c1-24-13-9-7-12(8-10-13)4-2-6-15(22)21-11-3-5-14(21)16(23)17(18,19)20/h7-10,14,16,23H,2-6,11H2,1H3. The summed E-state index contributed by atoms with van der Waals surface area (Å²) in [7, 11) is 1.58. The van der Waals surface area contributed by atoms with Gasteiger partial charge in [-0.2, -0.15) is 13.2 Å². The number of amides is 1. The van der Waals surface area contributed by atoms with E-state index in [0.717, 1.165) is 11.3 Å². The van der Waals surface area contributed by atoms with Crippen molar-refractivity contribution in [3.63, 3.8) is 0 Å². The largest absolute Gasteiger partial charge is 0.497 e. The van der Waals surface area contributed by atoms with Crippen LogP contribution in [0.1, 0.15) is 31.2 Å². The molecule has 1 amide bonds. The van der Waals surface area contributed by atoms with Crippen LogP contribution in [0.15, 0.2) is 24.3 Å². The maximum absolute atomic E-state index is 12.7. The van der Waals surface area contributed by atoms with Crippen molar-refractivity contribution in [1.82, 2.24) is 4.90 Å². The van der Waals surface area contributed by atoms with Gasteiger partial charge in [-0.05, 0) is 43.4 Å². The second-order valence-electron chi connectivity index (χ2n) is 5.98. The Hall–Kier alpha value is -1.76. The van der Waals surface area contributed by atoms with E-state index in [-0.39, 0.29) is 25.3 Å². The number of carbonyl (C=O) groups excluding carboxylic acids is 1. The van der Waals surface area contributed by atoms with Gasteiger partial charge in [0.2, 0.25) is 5.91 Å². The van der Waals surface area contributed by atoms with Crippen molar-refractivity contribution in [2.24, 2.45) is 0 Å². The first-order chi connectivity index (χ1) is 11.3. The van der Waals surface area contributed by atoms with E-state index in [4.69, 9.17) is 4.74 Å². The number of alkyl halides is 3. The Bertz CT molecular complexity index is 545. The summed E-state index contributed by atoms with van der Waals surface area (Å²) < 4.78 is 43.1. The zero-order valence-electron chi connectivity index (χ0n) is 13.6. The van der Waals surface area contributed by atoms with E-state index in [1.807, 2.05) is 24.3 Å². The number of aliphatic hydroxyl groups excluding tert-OH is 1. The number of aliphatic hydroxyl groups is 1. The van der Waals surface area contributed by atoms with Gasteiger partial charge >= 0.3 is 6.18 Å². The highest BCUT2D eigenvalue weighted by Crippen LogP contribution is 2.31. The molecule has 0 radical (unpaired) electrons. The van der Waals surface area contributed by atoms with Crippen LogP contribution in [0, 0.1) is 0 Å². The van der Waals surface area contributed by atoms with Crippen LogP contribution >= 0.6 is 0 Å². The number of benzene rings is 1. The van der Waals surface area contributed by atoms with Gasteiger partial charge in [-0.25, -0.2) is 0 Å². The van der Waals surface area contributed by atoms with Gasteiger partial charge in [0.05, 0.1) is 13.2 Å². The molecule has 1 aliphatic rings. The van der Waals surface area contributed by atoms with Gasteiger partial charge in [-0.1, -0.05) is 12.1 Å². The summed E-state index contributed by atoms with van der Waals surface area (Å²) in [5.41, 5.74) is 1.04. The predicted octanol–water partition coefficient (Wildman–Crippen LogP) is 2.93. The van der Waals surface area contributed by atoms with Crippen LogP contribution in [0.5, 0.6) is 5.75 Å². The van der Waals surface area contributed by atoms with Gasteiger partial charge in [0.25, 0.3) is 0 Å². The molecule has 0 spiro atoms. The van der Waals surface area contributed by atoms with Crippen LogP contribution in [0.3, 0.4) is 0 Å². The van der Waals surface area contributed by atoms with E-state index >= 15 is 0 Å². The topological polar surface area (TPSA) is 49.8 Å². The third-order valence-corrected chi connectivity index (χ3v) is 4.33. The predicted molar refractivity (Wildman–Crippen MR) is 82.7 cm³/mol. The van der Waals surface area contributed by atoms with Crippen molar-refractivity contribution in [3.8, 4) is 5.75 Å². The second kappa shape index (κ2) is 7.88. The number of carbonyl (C=O) groups is 1. The fourth-order valence-corrected chi connectivity index (χ4v) is 3.03. The summed E-state index contributed by atoms with van der Waals surface area (Å²) >= 11 is 0. The maximum Gasteiger partial charge on any atom is 0.416 e. The molecule has 24 heavy (non-hydrogen) atoms. The van der Waals surface area contributed by atoms with Gasteiger partial charge in [-0.15, -0.1) is 0 Å². The highest BCUT2D eigenvalue weighted by atomic mass is 19.4. The lowest BCUT2D eigenvalue weighted by Gasteiger charge is -2.29. The van der Waals surface area contributed by atoms with Crippen LogP contribution in [-0.2, 0) is 11.2 Å². The fraction of sp³-hybridized carbons (Fsp3) is 0.588. The lowest BCUT2D eigenvalue weighted by Crippen LogP contribution is -2.49. The molecule has 1 aliphatic heterocycles. The molecule has 1 heterocycles. The Morgan fingerprint density at radius 1 is 1.38 bits per heavy atom. The van der Waals surface area contributed by atoms with Crippen molar-refractivity contribution < 1.29 is 27.8 Å². The highest BCUT2D eigenvalue weighted by molar-refractivity contribution is 5.76. The van der Waals surface area contributed by atoms with E-state index < -0.39 is 18.3 Å². The first-order valence-corrected chi connectivity index (χ1v) is 8.00. The van der Waals surface area contributed by atoms with Crippen LogP contribution < -0.4 is 4.74 Å². The third-order valence-electron chi connectivity index (χ3n) is 4.33. The lowest BCUT2D eigenvalue weighted by molar-refractivity contribution is -0.219. The molecular weight excluding hydrogens is 323 g/mol. The molecule has 2 rings (SSSR count). The monoisotopic (exact) mass is 345 g/mol. The first-order valence-electron chi connectivity index (χ1n) is 8.00. The average Bonchev–Trinajstić information content (AvgIpc) is 3.03. The Morgan fingerprint density at radius 3 is 2.62 bits per heavy atom. The third kappa shape index (κ3) is 4.63. The van der Waals surface area contributed by atoms with Gasteiger partial charge in [0.1, 0.15) is 5.75 Å². The van der Waals surface area contributed by atoms with Gasteiger partial charge in [0.15, 0.2) is 6.10 Å². The van der Waals surface area contributed by atoms with Crippen molar-refractivity contribution in [3.05, 3.63) is 29.8 Å². The van der Waals surface area contributed by atoms with E-state index in [2.05, 4.69) is 0 Å². The number of rotatable bonds is 6. The summed E-state index contributed by atoms with van der Waals surface area (Å²) in [6.45, 7) is 0.277. The number of halogens is 3. The quantitative estimate of drug-likeness (QED) is 0.862. The molecule has 1 fully saturated rings. The molecule has 1 saturated heterocycles. The summed E-state index contributed by atoms with van der Waals surface area (Å²) in [5.74, 6) is 0.421. The number of likely N-dealkylation sites (tertiary alicyclic amines) is 1. The smallest absolute Gasteiger partial charge is 0.416 e. The number of hydrogen-bond donors (Lipinski definition) is 1. The van der Waals surface area contributed by atoms with E-state index in [1.54, 1.807) is 7.11 Å². The Labute approximate surface area is 139 Å². The minimum absolute atomic E-state index is 0.174. The molecule has 7 heteroatoms. The summed E-state index contributed by atoms with van der Waals surface area (Å²) in [5, 5.41) is 9.43. The van der Waals surface area contributed by atoms with Gasteiger partial charge in [-0.3, -0.25) is 4.79 Å². The van der Waals surface area contributed by atoms with Gasteiger partial charge in [0, 0.05) is 13.0 Å². The van der Waals surface area contributed by atoms with Crippen LogP contribution in [-0.4, -0.2) is 47.9 Å². The first kappa shape index (κ1) is 18.6. The van der Waals surface area contributed by atoms with Crippen LogP contribution in [0.4, 0.5) is 13.2 Å². The molecule has 0 saturated carbocycles. The summed E-state index contributed by atoms with van der Waals surface area (Å²) in [4.78, 5) is 13.4. The summed E-state index contributed by atoms with van der Waals surface area (Å²) in [6.07, 6.45) is -5.10. The molecule has 2 unspecified atom stereocenters. The van der Waals surface area contributed by atoms with Crippen molar-refractivity contribution in [2.75, 3.05) is 13.7 Å². The number of hydrogen-bond acceptors (Lipinski definition) is 3. The Kier molecular flexibility index (Phi) is 6.10. The van der Waals surface area contributed by atoms with E-state index in [9.17, 15) is 23.1 Å². The number of nitrogens with zero attached hydrogens (tertiary/aromatic N) is 1. The van der Waals surface area contributed by atoms with E-state index in [1.165, 1.54) is 4.90 Å². The van der Waals surface area contributed by atoms with Crippen LogP contribution in [0.2, 0.25) is 0 Å². The summed E-state index contributed by atoms with van der Waals surface area (Å²) in [6, 6.07) is 6.30. The molecule has 134 valence electrons. The Balaban J connectivity index is 1.84. The zero-order chi connectivity index (χ0) is 17.7. The maximum atomic E-state index is 12.7. The molecule has 0 aliphatic carbocycles. The molecule has 1 aromatic carbocycles. The van der Waals surface area contributed by atoms with Crippen molar-refractivity contribution >= 4 is 5.91 Å². The second-order valence-corrected chi connectivity index (χ2v) is 5.98. The minimum atomic E-state index is -4.70. The molecule has 4 nitrogen and oxygen atoms in total. The number of aryl methyl sites for hydroxylation is 1. The molecule has 0 bridgehead atoms.